The van der Waals surface area contributed by atoms with Crippen LogP contribution in [0.1, 0.15) is 10.5 Å². The summed E-state index contributed by atoms with van der Waals surface area (Å²) in [4.78, 5) is 10.2. The smallest absolute Gasteiger partial charge is 0.268 e. The number of carbonyl (C=O) groups excluding carboxylic acids is 1. The zero-order valence-electron chi connectivity index (χ0n) is 4.00. The Labute approximate surface area is 50.3 Å². The van der Waals surface area contributed by atoms with Gasteiger partial charge in [-0.1, -0.05) is 0 Å². The summed E-state index contributed by atoms with van der Waals surface area (Å²) >= 11 is 1.22. The first-order chi connectivity index (χ1) is 3.80. The zero-order chi connectivity index (χ0) is 5.98. The molecule has 2 N–H and O–H groups in total. The van der Waals surface area contributed by atoms with Gasteiger partial charge in [-0.15, -0.1) is 0 Å². The molecule has 0 aromatic carbocycles. The molecule has 42 valence electrons. The van der Waals surface area contributed by atoms with Crippen LogP contribution in [0.3, 0.4) is 0 Å². The van der Waals surface area contributed by atoms with Gasteiger partial charge in [-0.25, -0.2) is 0 Å². The molecule has 0 radical (unpaired) electrons. The molecule has 0 fully saturated rings. The molecule has 8 heavy (non-hydrogen) atoms. The van der Waals surface area contributed by atoms with E-state index in [-0.39, 0.29) is 0 Å². The van der Waals surface area contributed by atoms with E-state index >= 15 is 0 Å². The van der Waals surface area contributed by atoms with Crippen LogP contribution >= 0.6 is 11.5 Å². The summed E-state index contributed by atoms with van der Waals surface area (Å²) < 4.78 is 3.68. The highest BCUT2D eigenvalue weighted by Gasteiger charge is 1.98. The van der Waals surface area contributed by atoms with Crippen LogP contribution < -0.4 is 5.73 Å². The summed E-state index contributed by atoms with van der Waals surface area (Å²) in [6.45, 7) is 0. The van der Waals surface area contributed by atoms with Gasteiger partial charge in [-0.05, 0) is 17.6 Å². The van der Waals surface area contributed by atoms with Gasteiger partial charge in [-0.2, -0.15) is 4.37 Å². The van der Waals surface area contributed by atoms with Crippen molar-refractivity contribution in [1.29, 1.82) is 0 Å². The van der Waals surface area contributed by atoms with Crippen LogP contribution in [0, 0.1) is 0 Å². The van der Waals surface area contributed by atoms with Crippen LogP contribution in [0.25, 0.3) is 0 Å². The first-order valence-corrected chi connectivity index (χ1v) is 2.84. The van der Waals surface area contributed by atoms with E-state index in [0.29, 0.717) is 5.69 Å². The van der Waals surface area contributed by atoms with Crippen LogP contribution in [0.5, 0.6) is 0 Å². The number of rotatable bonds is 1. The molecule has 0 atom stereocenters. The van der Waals surface area contributed by atoms with Crippen LogP contribution in [0.2, 0.25) is 0 Å². The fourth-order valence-electron chi connectivity index (χ4n) is 0.340. The molecule has 1 amide bonds. The Morgan fingerprint density at radius 1 is 1.88 bits per heavy atom. The predicted molar refractivity (Wildman–Crippen MR) is 30.6 cm³/mol. The molecule has 0 aliphatic carbocycles. The lowest BCUT2D eigenvalue weighted by molar-refractivity contribution is 0.0996. The van der Waals surface area contributed by atoms with Crippen LogP contribution in [-0.4, -0.2) is 10.3 Å². The van der Waals surface area contributed by atoms with Crippen LogP contribution in [0.4, 0.5) is 0 Å². The maximum absolute atomic E-state index is 10.2. The summed E-state index contributed by atoms with van der Waals surface area (Å²) in [5.74, 6) is -0.466. The number of aromatic nitrogens is 1. The van der Waals surface area contributed by atoms with E-state index in [1.807, 2.05) is 0 Å². The van der Waals surface area contributed by atoms with Crippen molar-refractivity contribution in [2.24, 2.45) is 5.73 Å². The monoisotopic (exact) mass is 128 g/mol. The summed E-state index contributed by atoms with van der Waals surface area (Å²) in [5, 5.41) is 1.71. The third-order valence-corrected chi connectivity index (χ3v) is 1.25. The van der Waals surface area contributed by atoms with Gasteiger partial charge >= 0.3 is 0 Å². The van der Waals surface area contributed by atoms with Gasteiger partial charge in [0.25, 0.3) is 5.91 Å². The number of primary amides is 1. The summed E-state index contributed by atoms with van der Waals surface area (Å²) in [6, 6.07) is 1.59. The molecule has 1 aromatic heterocycles. The average Bonchev–Trinajstić information content (AvgIpc) is 2.12. The van der Waals surface area contributed by atoms with E-state index in [4.69, 9.17) is 5.73 Å². The number of carbonyl (C=O) groups is 1. The standard InChI is InChI=1S/C4H4N2OS/c5-4(7)3-1-2-8-6-3/h1-2H,(H2,5,7). The van der Waals surface area contributed by atoms with E-state index in [0.717, 1.165) is 0 Å². The van der Waals surface area contributed by atoms with Crippen molar-refractivity contribution in [3.63, 3.8) is 0 Å². The second-order valence-corrected chi connectivity index (χ2v) is 1.91. The molecule has 1 heterocycles. The minimum Gasteiger partial charge on any atom is -0.364 e. The maximum Gasteiger partial charge on any atom is 0.268 e. The van der Waals surface area contributed by atoms with Crippen LogP contribution in [0.15, 0.2) is 11.4 Å². The van der Waals surface area contributed by atoms with Crippen molar-refractivity contribution in [3.05, 3.63) is 17.1 Å². The first kappa shape index (κ1) is 5.24. The summed E-state index contributed by atoms with van der Waals surface area (Å²) in [7, 11) is 0. The predicted octanol–water partition coefficient (Wildman–Crippen LogP) is 0.242. The lowest BCUT2D eigenvalue weighted by Gasteiger charge is -1.78. The second kappa shape index (κ2) is 1.92. The van der Waals surface area contributed by atoms with Crippen molar-refractivity contribution in [2.45, 2.75) is 0 Å². The molecular formula is C4H4N2OS. The molecule has 0 saturated carbocycles. The van der Waals surface area contributed by atoms with Gasteiger partial charge in [-0.3, -0.25) is 4.79 Å². The van der Waals surface area contributed by atoms with Gasteiger partial charge < -0.3 is 5.73 Å². The third-order valence-electron chi connectivity index (χ3n) is 0.690. The largest absolute Gasteiger partial charge is 0.364 e. The first-order valence-electron chi connectivity index (χ1n) is 2.01. The molecule has 0 unspecified atom stereocenters. The topological polar surface area (TPSA) is 56.0 Å². The molecule has 4 heteroatoms. The van der Waals surface area contributed by atoms with Gasteiger partial charge in [0, 0.05) is 5.38 Å². The second-order valence-electron chi connectivity index (χ2n) is 1.25. The number of hydrogen-bond acceptors (Lipinski definition) is 3. The molecule has 3 nitrogen and oxygen atoms in total. The van der Waals surface area contributed by atoms with Crippen molar-refractivity contribution in [3.8, 4) is 0 Å². The van der Waals surface area contributed by atoms with Crippen molar-refractivity contribution >= 4 is 17.4 Å². The van der Waals surface area contributed by atoms with Crippen molar-refractivity contribution < 1.29 is 4.79 Å². The van der Waals surface area contributed by atoms with Crippen LogP contribution in [-0.2, 0) is 0 Å². The Hall–Kier alpha value is -0.900. The normalized spacial score (nSPS) is 9.00. The zero-order valence-corrected chi connectivity index (χ0v) is 4.81. The Morgan fingerprint density at radius 3 is 2.88 bits per heavy atom. The van der Waals surface area contributed by atoms with E-state index in [2.05, 4.69) is 4.37 Å². The average molecular weight is 128 g/mol. The Balaban J connectivity index is 2.93. The van der Waals surface area contributed by atoms with Crippen molar-refractivity contribution in [1.82, 2.24) is 4.37 Å². The summed E-state index contributed by atoms with van der Waals surface area (Å²) in [5.41, 5.74) is 5.21. The Bertz CT molecular complexity index is 182. The molecule has 0 saturated heterocycles. The van der Waals surface area contributed by atoms with E-state index in [1.54, 1.807) is 11.4 Å². The highest BCUT2D eigenvalue weighted by atomic mass is 32.1. The van der Waals surface area contributed by atoms with E-state index in [1.165, 1.54) is 11.5 Å². The number of amides is 1. The molecular weight excluding hydrogens is 124 g/mol. The molecule has 0 spiro atoms. The van der Waals surface area contributed by atoms with Gasteiger partial charge in [0.1, 0.15) is 5.69 Å². The Kier molecular flexibility index (Phi) is 1.26. The highest BCUT2D eigenvalue weighted by molar-refractivity contribution is 7.03. The minimum atomic E-state index is -0.466. The molecule has 1 aromatic rings. The molecule has 1 rings (SSSR count). The molecule has 0 aliphatic rings. The molecule has 0 aliphatic heterocycles. The fraction of sp³-hybridized carbons (Fsp3) is 0. The summed E-state index contributed by atoms with van der Waals surface area (Å²) in [6.07, 6.45) is 0. The lowest BCUT2D eigenvalue weighted by Crippen LogP contribution is -2.10. The fourth-order valence-corrected chi connectivity index (χ4v) is 0.855. The highest BCUT2D eigenvalue weighted by Crippen LogP contribution is 1.96. The van der Waals surface area contributed by atoms with Gasteiger partial charge in [0.05, 0.1) is 0 Å². The van der Waals surface area contributed by atoms with Crippen molar-refractivity contribution in [2.75, 3.05) is 0 Å². The number of nitrogens with two attached hydrogens (primary N) is 1. The quantitative estimate of drug-likeness (QED) is 0.589. The van der Waals surface area contributed by atoms with Gasteiger partial charge in [0.2, 0.25) is 0 Å². The Morgan fingerprint density at radius 2 is 2.62 bits per heavy atom. The minimum absolute atomic E-state index is 0.343. The van der Waals surface area contributed by atoms with E-state index in [9.17, 15) is 4.79 Å². The number of nitrogens with zero attached hydrogens (tertiary/aromatic N) is 1. The number of hydrogen-bond donors (Lipinski definition) is 1. The molecule has 0 bridgehead atoms. The van der Waals surface area contributed by atoms with E-state index < -0.39 is 5.91 Å². The SMILES string of the molecule is NC(=O)c1ccsn1. The maximum atomic E-state index is 10.2. The third kappa shape index (κ3) is 0.840. The van der Waals surface area contributed by atoms with Gasteiger partial charge in [0.15, 0.2) is 0 Å². The lowest BCUT2D eigenvalue weighted by atomic mass is 10.4.